The van der Waals surface area contributed by atoms with Gasteiger partial charge in [-0.3, -0.25) is 4.79 Å². The molecule has 6 atom stereocenters. The van der Waals surface area contributed by atoms with Gasteiger partial charge in [0, 0.05) is 36.3 Å². The largest absolute Gasteiger partial charge is 0.471 e. The number of nitrogens with one attached hydrogen (secondary N) is 1. The molecule has 4 rings (SSSR count). The maximum absolute atomic E-state index is 12.3. The zero-order valence-corrected chi connectivity index (χ0v) is 23.3. The van der Waals surface area contributed by atoms with Crippen molar-refractivity contribution in [2.45, 2.75) is 147 Å². The second-order valence-electron chi connectivity index (χ2n) is 12.9. The number of hydrogen-bond donors (Lipinski definition) is 2. The fourth-order valence-corrected chi connectivity index (χ4v) is 6.01. The zero-order chi connectivity index (χ0) is 28.6. The van der Waals surface area contributed by atoms with E-state index in [4.69, 9.17) is 15.2 Å². The number of rotatable bonds is 1. The van der Waals surface area contributed by atoms with E-state index in [1.165, 1.54) is 0 Å². The van der Waals surface area contributed by atoms with Crippen LogP contribution in [0.15, 0.2) is 0 Å². The van der Waals surface area contributed by atoms with Crippen LogP contribution in [0, 0.1) is 0 Å². The molecule has 4 fully saturated rings. The van der Waals surface area contributed by atoms with E-state index in [9.17, 15) is 27.6 Å². The van der Waals surface area contributed by atoms with Crippen molar-refractivity contribution in [3.05, 3.63) is 0 Å². The van der Waals surface area contributed by atoms with Gasteiger partial charge in [0.2, 0.25) is 0 Å². The number of fused-ring (bicyclic) bond motifs is 4. The van der Waals surface area contributed by atoms with Crippen LogP contribution >= 0.6 is 0 Å². The predicted octanol–water partition coefficient (Wildman–Crippen LogP) is 4.47. The Morgan fingerprint density at radius 1 is 0.711 bits per heavy atom. The minimum Gasteiger partial charge on any atom is -0.444 e. The quantitative estimate of drug-likeness (QED) is 0.500. The summed E-state index contributed by atoms with van der Waals surface area (Å²) >= 11 is 0. The molecule has 12 heteroatoms. The van der Waals surface area contributed by atoms with Gasteiger partial charge in [-0.05, 0) is 92.9 Å². The molecule has 9 nitrogen and oxygen atoms in total. The van der Waals surface area contributed by atoms with Gasteiger partial charge in [0.25, 0.3) is 0 Å². The van der Waals surface area contributed by atoms with E-state index in [2.05, 4.69) is 0 Å². The van der Waals surface area contributed by atoms with Crippen LogP contribution in [0.4, 0.5) is 22.8 Å². The van der Waals surface area contributed by atoms with Crippen molar-refractivity contribution in [3.63, 3.8) is 0 Å². The molecule has 4 bridgehead atoms. The number of alkyl halides is 3. The Balaban J connectivity index is 0.000000221. The molecule has 2 unspecified atom stereocenters. The molecular weight excluding hydrogens is 505 g/mol. The lowest BCUT2D eigenvalue weighted by molar-refractivity contribution is -0.174. The first-order valence-corrected chi connectivity index (χ1v) is 13.5. The average molecular weight is 549 g/mol. The summed E-state index contributed by atoms with van der Waals surface area (Å²) in [6.07, 6.45) is 0.661. The van der Waals surface area contributed by atoms with E-state index >= 15 is 0 Å². The molecule has 0 aromatic rings. The third-order valence-electron chi connectivity index (χ3n) is 7.30. The first-order valence-electron chi connectivity index (χ1n) is 13.5. The topological polar surface area (TPSA) is 114 Å². The molecular formula is C26H43F3N4O5. The van der Waals surface area contributed by atoms with Crippen molar-refractivity contribution in [1.29, 1.82) is 0 Å². The third kappa shape index (κ3) is 7.89. The Hall–Kier alpha value is -2.24. The molecule has 4 aliphatic rings. The van der Waals surface area contributed by atoms with E-state index in [0.717, 1.165) is 38.5 Å². The van der Waals surface area contributed by atoms with E-state index in [0.29, 0.717) is 24.9 Å². The highest BCUT2D eigenvalue weighted by atomic mass is 19.4. The number of nitrogens with zero attached hydrogens (tertiary/aromatic N) is 2. The van der Waals surface area contributed by atoms with Crippen molar-refractivity contribution in [2.75, 3.05) is 0 Å². The second kappa shape index (κ2) is 11.1. The number of halogens is 3. The summed E-state index contributed by atoms with van der Waals surface area (Å²) in [6, 6.07) is -0.0204. The molecule has 0 aromatic heterocycles. The Kier molecular flexibility index (Phi) is 8.85. The normalized spacial score (nSPS) is 30.8. The molecule has 218 valence electrons. The summed E-state index contributed by atoms with van der Waals surface area (Å²) in [7, 11) is 0. The number of piperidine rings is 2. The number of hydrogen-bond acceptors (Lipinski definition) is 6. The summed E-state index contributed by atoms with van der Waals surface area (Å²) in [5.74, 6) is -1.91. The van der Waals surface area contributed by atoms with Gasteiger partial charge in [-0.15, -0.1) is 0 Å². The Labute approximate surface area is 222 Å². The molecule has 0 radical (unpaired) electrons. The van der Waals surface area contributed by atoms with Gasteiger partial charge in [0.15, 0.2) is 0 Å². The van der Waals surface area contributed by atoms with E-state index in [1.807, 2.05) is 31.0 Å². The number of ether oxygens (including phenoxy) is 2. The van der Waals surface area contributed by atoms with Crippen molar-refractivity contribution in [1.82, 2.24) is 15.1 Å². The number of nitrogens with two attached hydrogens (primary N) is 1. The lowest BCUT2D eigenvalue weighted by atomic mass is 9.97. The molecule has 0 spiro atoms. The van der Waals surface area contributed by atoms with Gasteiger partial charge in [0.1, 0.15) is 11.2 Å². The van der Waals surface area contributed by atoms with E-state index in [-0.39, 0.29) is 24.2 Å². The maximum atomic E-state index is 12.3. The van der Waals surface area contributed by atoms with Crippen LogP contribution in [0.25, 0.3) is 0 Å². The van der Waals surface area contributed by atoms with Gasteiger partial charge in [-0.25, -0.2) is 9.59 Å². The highest BCUT2D eigenvalue weighted by molar-refractivity contribution is 5.82. The molecule has 0 aliphatic carbocycles. The van der Waals surface area contributed by atoms with Crippen LogP contribution in [0.3, 0.4) is 0 Å². The standard InChI is InChI=1S/C14H21F3N2O3.C12H22N2O2/c1-13(2,3)22-12(21)19-9-4-5-10(19)7-8(6-9)18-11(20)14(15,16)17;1-12(2,3)16-11(15)14-9-4-5-10(14)7-8(13)6-9/h8-10H,4-7H2,1-3H3,(H,18,20);8-10H,4-7,13H2,1-3H3/t2*8?,9-,10+. The molecule has 0 aromatic carbocycles. The van der Waals surface area contributed by atoms with Crippen LogP contribution in [0.1, 0.15) is 92.9 Å². The van der Waals surface area contributed by atoms with Gasteiger partial charge >= 0.3 is 24.3 Å². The minimum atomic E-state index is -4.87. The van der Waals surface area contributed by atoms with Crippen LogP contribution in [-0.4, -0.2) is 81.5 Å². The van der Waals surface area contributed by atoms with E-state index < -0.39 is 35.4 Å². The van der Waals surface area contributed by atoms with Crippen LogP contribution < -0.4 is 11.1 Å². The lowest BCUT2D eigenvalue weighted by Crippen LogP contribution is -2.54. The van der Waals surface area contributed by atoms with Crippen LogP contribution in [0.2, 0.25) is 0 Å². The highest BCUT2D eigenvalue weighted by Gasteiger charge is 2.47. The third-order valence-corrected chi connectivity index (χ3v) is 7.30. The summed E-state index contributed by atoms with van der Waals surface area (Å²) < 4.78 is 47.7. The van der Waals surface area contributed by atoms with Crippen molar-refractivity contribution in [3.8, 4) is 0 Å². The average Bonchev–Trinajstić information content (AvgIpc) is 3.16. The lowest BCUT2D eigenvalue weighted by Gasteiger charge is -2.39. The second-order valence-corrected chi connectivity index (χ2v) is 12.9. The van der Waals surface area contributed by atoms with Crippen molar-refractivity contribution in [2.24, 2.45) is 5.73 Å². The molecule has 4 aliphatic heterocycles. The minimum absolute atomic E-state index is 0.160. The number of carbonyl (C=O) groups is 3. The van der Waals surface area contributed by atoms with E-state index in [1.54, 1.807) is 25.7 Å². The Morgan fingerprint density at radius 3 is 1.37 bits per heavy atom. The maximum Gasteiger partial charge on any atom is 0.471 e. The van der Waals surface area contributed by atoms with Gasteiger partial charge < -0.3 is 30.3 Å². The molecule has 4 heterocycles. The molecule has 0 saturated carbocycles. The van der Waals surface area contributed by atoms with Crippen molar-refractivity contribution >= 4 is 18.1 Å². The SMILES string of the molecule is CC(C)(C)OC(=O)N1[C@@H]2CC[C@H]1CC(N)C2.CC(C)(C)OC(=O)N1[C@@H]2CC[C@H]1CC(NC(=O)C(F)(F)F)C2. The van der Waals surface area contributed by atoms with Gasteiger partial charge in [-0.2, -0.15) is 13.2 Å². The van der Waals surface area contributed by atoms with Crippen LogP contribution in [-0.2, 0) is 14.3 Å². The summed E-state index contributed by atoms with van der Waals surface area (Å²) in [4.78, 5) is 38.8. The predicted molar refractivity (Wildman–Crippen MR) is 134 cm³/mol. The molecule has 4 saturated heterocycles. The highest BCUT2D eigenvalue weighted by Crippen LogP contribution is 2.38. The Bertz CT molecular complexity index is 858. The molecule has 38 heavy (non-hydrogen) atoms. The Morgan fingerprint density at radius 2 is 1.05 bits per heavy atom. The zero-order valence-electron chi connectivity index (χ0n) is 23.3. The van der Waals surface area contributed by atoms with Gasteiger partial charge in [0.05, 0.1) is 0 Å². The first kappa shape index (κ1) is 30.3. The fraction of sp³-hybridized carbons (Fsp3) is 0.885. The summed E-state index contributed by atoms with van der Waals surface area (Å²) in [6.45, 7) is 11.0. The molecule has 3 amide bonds. The molecule has 3 N–H and O–H groups in total. The monoisotopic (exact) mass is 548 g/mol. The van der Waals surface area contributed by atoms with Crippen LogP contribution in [0.5, 0.6) is 0 Å². The summed E-state index contributed by atoms with van der Waals surface area (Å²) in [5, 5.41) is 2.02. The van der Waals surface area contributed by atoms with Crippen molar-refractivity contribution < 1.29 is 37.0 Å². The number of carbonyl (C=O) groups excluding carboxylic acids is 3. The first-order chi connectivity index (χ1) is 17.3. The number of amides is 3. The summed E-state index contributed by atoms with van der Waals surface area (Å²) in [5.41, 5.74) is 4.95. The fourth-order valence-electron chi connectivity index (χ4n) is 6.01. The van der Waals surface area contributed by atoms with Gasteiger partial charge in [-0.1, -0.05) is 0 Å². The smallest absolute Gasteiger partial charge is 0.444 e.